The Hall–Kier alpha value is -2.27. The van der Waals surface area contributed by atoms with Crippen molar-refractivity contribution in [3.63, 3.8) is 0 Å². The number of aromatic nitrogens is 3. The van der Waals surface area contributed by atoms with Crippen LogP contribution in [0.15, 0.2) is 40.9 Å². The number of fused-ring (bicyclic) bond motifs is 1. The molecule has 0 unspecified atom stereocenters. The number of hydrogen-bond acceptors (Lipinski definition) is 5. The van der Waals surface area contributed by atoms with Crippen molar-refractivity contribution < 1.29 is 4.52 Å². The number of nitrogens with zero attached hydrogens (tertiary/aromatic N) is 3. The molecule has 0 saturated heterocycles. The Kier molecular flexibility index (Phi) is 2.53. The van der Waals surface area contributed by atoms with Crippen molar-refractivity contribution in [2.24, 2.45) is 5.73 Å². The molecule has 0 aliphatic carbocycles. The summed E-state index contributed by atoms with van der Waals surface area (Å²) in [4.78, 5) is 8.71. The van der Waals surface area contributed by atoms with Gasteiger partial charge in [-0.25, -0.2) is 4.98 Å². The average molecular weight is 240 g/mol. The van der Waals surface area contributed by atoms with Gasteiger partial charge in [0.2, 0.25) is 11.7 Å². The van der Waals surface area contributed by atoms with Gasteiger partial charge >= 0.3 is 0 Å². The zero-order valence-corrected chi connectivity index (χ0v) is 9.87. The fourth-order valence-electron chi connectivity index (χ4n) is 1.71. The molecule has 0 aliphatic rings. The van der Waals surface area contributed by atoms with E-state index >= 15 is 0 Å². The molecule has 0 spiro atoms. The first-order valence-electron chi connectivity index (χ1n) is 5.69. The van der Waals surface area contributed by atoms with E-state index < -0.39 is 0 Å². The van der Waals surface area contributed by atoms with Crippen LogP contribution in [0.3, 0.4) is 0 Å². The van der Waals surface area contributed by atoms with E-state index in [1.807, 2.05) is 36.4 Å². The third kappa shape index (κ3) is 1.84. The molecule has 0 aliphatic heterocycles. The summed E-state index contributed by atoms with van der Waals surface area (Å²) in [5.41, 5.74) is 7.27. The monoisotopic (exact) mass is 240 g/mol. The Morgan fingerprint density at radius 1 is 1.11 bits per heavy atom. The van der Waals surface area contributed by atoms with Gasteiger partial charge in [-0.05, 0) is 19.1 Å². The van der Waals surface area contributed by atoms with E-state index in [0.717, 1.165) is 10.9 Å². The maximum atomic E-state index is 5.68. The Labute approximate surface area is 104 Å². The predicted molar refractivity (Wildman–Crippen MR) is 67.6 cm³/mol. The normalized spacial score (nSPS) is 12.8. The van der Waals surface area contributed by atoms with Crippen LogP contribution in [0.25, 0.3) is 22.4 Å². The second kappa shape index (κ2) is 4.19. The van der Waals surface area contributed by atoms with Crippen molar-refractivity contribution in [1.29, 1.82) is 0 Å². The molecule has 0 fully saturated rings. The minimum absolute atomic E-state index is 0.272. The van der Waals surface area contributed by atoms with Crippen LogP contribution in [0.1, 0.15) is 18.9 Å². The maximum absolute atomic E-state index is 5.68. The summed E-state index contributed by atoms with van der Waals surface area (Å²) < 4.78 is 5.07. The third-order valence-corrected chi connectivity index (χ3v) is 2.66. The molecule has 3 aromatic rings. The lowest BCUT2D eigenvalue weighted by Crippen LogP contribution is -2.04. The first-order valence-corrected chi connectivity index (χ1v) is 5.69. The lowest BCUT2D eigenvalue weighted by atomic mass is 10.2. The molecular formula is C13H12N4O. The van der Waals surface area contributed by atoms with Gasteiger partial charge < -0.3 is 10.3 Å². The number of pyridine rings is 1. The van der Waals surface area contributed by atoms with Gasteiger partial charge in [-0.15, -0.1) is 0 Å². The highest BCUT2D eigenvalue weighted by Gasteiger charge is 2.12. The first kappa shape index (κ1) is 10.9. The summed E-state index contributed by atoms with van der Waals surface area (Å²) in [5.74, 6) is 0.882. The molecule has 2 heterocycles. The Bertz CT molecular complexity index is 690. The highest BCUT2D eigenvalue weighted by Crippen LogP contribution is 2.19. The molecular weight excluding hydrogens is 228 g/mol. The molecule has 0 saturated carbocycles. The summed E-state index contributed by atoms with van der Waals surface area (Å²) in [6.07, 6.45) is 0. The van der Waals surface area contributed by atoms with Crippen LogP contribution in [0.2, 0.25) is 0 Å². The van der Waals surface area contributed by atoms with E-state index in [0.29, 0.717) is 17.4 Å². The minimum Gasteiger partial charge on any atom is -0.337 e. The molecule has 3 rings (SSSR count). The van der Waals surface area contributed by atoms with Crippen LogP contribution >= 0.6 is 0 Å². The van der Waals surface area contributed by atoms with E-state index in [9.17, 15) is 0 Å². The molecule has 1 aromatic carbocycles. The summed E-state index contributed by atoms with van der Waals surface area (Å²) in [7, 11) is 0. The molecule has 18 heavy (non-hydrogen) atoms. The van der Waals surface area contributed by atoms with Crippen LogP contribution in [0, 0.1) is 0 Å². The molecule has 1 atom stereocenters. The van der Waals surface area contributed by atoms with Crippen molar-refractivity contribution in [3.8, 4) is 11.5 Å². The predicted octanol–water partition coefficient (Wildman–Crippen LogP) is 2.30. The smallest absolute Gasteiger partial charge is 0.243 e. The van der Waals surface area contributed by atoms with Crippen LogP contribution in [0.5, 0.6) is 0 Å². The van der Waals surface area contributed by atoms with Crippen molar-refractivity contribution in [2.75, 3.05) is 0 Å². The second-order valence-corrected chi connectivity index (χ2v) is 4.13. The topological polar surface area (TPSA) is 77.8 Å². The minimum atomic E-state index is -0.272. The fraction of sp³-hybridized carbons (Fsp3) is 0.154. The summed E-state index contributed by atoms with van der Waals surface area (Å²) in [5, 5.41) is 4.97. The van der Waals surface area contributed by atoms with E-state index in [2.05, 4.69) is 15.1 Å². The zero-order valence-electron chi connectivity index (χ0n) is 9.87. The van der Waals surface area contributed by atoms with E-state index in [-0.39, 0.29) is 6.04 Å². The highest BCUT2D eigenvalue weighted by atomic mass is 16.5. The van der Waals surface area contributed by atoms with Gasteiger partial charge in [0.15, 0.2) is 0 Å². The SMILES string of the molecule is C[C@H](N)c1nc(-c2ccc3ccccc3n2)no1. The van der Waals surface area contributed by atoms with Gasteiger partial charge in [0.25, 0.3) is 0 Å². The van der Waals surface area contributed by atoms with E-state index in [4.69, 9.17) is 10.3 Å². The molecule has 5 nitrogen and oxygen atoms in total. The van der Waals surface area contributed by atoms with Gasteiger partial charge in [-0.2, -0.15) is 4.98 Å². The average Bonchev–Trinajstić information content (AvgIpc) is 2.88. The second-order valence-electron chi connectivity index (χ2n) is 4.13. The summed E-state index contributed by atoms with van der Waals surface area (Å²) >= 11 is 0. The van der Waals surface area contributed by atoms with Crippen molar-refractivity contribution >= 4 is 10.9 Å². The Morgan fingerprint density at radius 2 is 1.94 bits per heavy atom. The maximum Gasteiger partial charge on any atom is 0.243 e. The number of para-hydroxylation sites is 1. The fourth-order valence-corrected chi connectivity index (χ4v) is 1.71. The van der Waals surface area contributed by atoms with Crippen LogP contribution in [-0.4, -0.2) is 15.1 Å². The number of rotatable bonds is 2. The number of nitrogens with two attached hydrogens (primary N) is 1. The molecule has 0 radical (unpaired) electrons. The van der Waals surface area contributed by atoms with E-state index in [1.54, 1.807) is 6.92 Å². The van der Waals surface area contributed by atoms with Gasteiger partial charge in [0, 0.05) is 5.39 Å². The number of hydrogen-bond donors (Lipinski definition) is 1. The van der Waals surface area contributed by atoms with Crippen molar-refractivity contribution in [3.05, 3.63) is 42.3 Å². The van der Waals surface area contributed by atoms with Crippen LogP contribution in [-0.2, 0) is 0 Å². The molecule has 5 heteroatoms. The largest absolute Gasteiger partial charge is 0.337 e. The Balaban J connectivity index is 2.07. The van der Waals surface area contributed by atoms with Gasteiger partial charge in [0.1, 0.15) is 5.69 Å². The molecule has 0 amide bonds. The van der Waals surface area contributed by atoms with E-state index in [1.165, 1.54) is 0 Å². The van der Waals surface area contributed by atoms with Crippen LogP contribution in [0.4, 0.5) is 0 Å². The van der Waals surface area contributed by atoms with Gasteiger partial charge in [-0.1, -0.05) is 29.4 Å². The summed E-state index contributed by atoms with van der Waals surface area (Å²) in [6.45, 7) is 1.80. The van der Waals surface area contributed by atoms with Crippen LogP contribution < -0.4 is 5.73 Å². The molecule has 90 valence electrons. The van der Waals surface area contributed by atoms with Gasteiger partial charge in [0.05, 0.1) is 11.6 Å². The Morgan fingerprint density at radius 3 is 2.72 bits per heavy atom. The standard InChI is InChI=1S/C13H12N4O/c1-8(14)13-16-12(17-18-13)11-7-6-9-4-2-3-5-10(9)15-11/h2-8H,14H2,1H3/t8-/m0/s1. The van der Waals surface area contributed by atoms with Gasteiger partial charge in [-0.3, -0.25) is 0 Å². The highest BCUT2D eigenvalue weighted by molar-refractivity contribution is 5.80. The molecule has 2 N–H and O–H groups in total. The lowest BCUT2D eigenvalue weighted by Gasteiger charge is -1.98. The zero-order chi connectivity index (χ0) is 12.5. The molecule has 0 bridgehead atoms. The lowest BCUT2D eigenvalue weighted by molar-refractivity contribution is 0.362. The summed E-state index contributed by atoms with van der Waals surface area (Å²) in [6, 6.07) is 11.5. The quantitative estimate of drug-likeness (QED) is 0.743. The van der Waals surface area contributed by atoms with Crippen molar-refractivity contribution in [2.45, 2.75) is 13.0 Å². The van der Waals surface area contributed by atoms with Crippen molar-refractivity contribution in [1.82, 2.24) is 15.1 Å². The molecule has 2 aromatic heterocycles. The first-order chi connectivity index (χ1) is 8.74. The number of benzene rings is 1. The third-order valence-electron chi connectivity index (χ3n) is 2.66.